The van der Waals surface area contributed by atoms with E-state index in [1.165, 1.54) is 17.7 Å². The monoisotopic (exact) mass is 470 g/mol. The van der Waals surface area contributed by atoms with Crippen molar-refractivity contribution >= 4 is 12.2 Å². The first-order chi connectivity index (χ1) is 15.7. The van der Waals surface area contributed by atoms with E-state index in [1.54, 1.807) is 12.1 Å². The van der Waals surface area contributed by atoms with Crippen molar-refractivity contribution in [3.05, 3.63) is 52.6 Å². The summed E-state index contributed by atoms with van der Waals surface area (Å²) in [6.07, 6.45) is -4.51. The summed E-state index contributed by atoms with van der Waals surface area (Å²) in [6.45, 7) is 6.11. The van der Waals surface area contributed by atoms with Crippen LogP contribution in [0.5, 0.6) is 0 Å². The minimum Gasteiger partial charge on any atom is -0.375 e. The molecule has 1 fully saturated rings. The molecule has 0 aliphatic carbocycles. The van der Waals surface area contributed by atoms with E-state index >= 15 is 0 Å². The van der Waals surface area contributed by atoms with Crippen LogP contribution in [0.15, 0.2) is 24.3 Å². The number of nitrogens with zero attached hydrogens (tertiary/aromatic N) is 3. The van der Waals surface area contributed by atoms with Gasteiger partial charge in [-0.2, -0.15) is 18.3 Å². The van der Waals surface area contributed by atoms with Crippen LogP contribution in [-0.2, 0) is 33.8 Å². The van der Waals surface area contributed by atoms with Crippen LogP contribution < -0.4 is 5.32 Å². The standard InChI is InChI=1S/C20H25FN4O2.C2HF3O/c1-14-18-6-8-24(20(26)10-17-11-22-7-9-27-17)13-19(18)25(23-14)12-15-2-4-16(21)5-3-15;3-2(4,5)1-6/h2-5,17,22H,6-13H2,1H3;1H. The Labute approximate surface area is 188 Å². The Hall–Kier alpha value is -2.79. The fourth-order valence-corrected chi connectivity index (χ4v) is 3.86. The smallest absolute Gasteiger partial charge is 0.375 e. The van der Waals surface area contributed by atoms with Crippen molar-refractivity contribution in [2.24, 2.45) is 0 Å². The number of aromatic nitrogens is 2. The number of ether oxygens (including phenoxy) is 1. The molecular formula is C22H26F4N4O3. The van der Waals surface area contributed by atoms with E-state index in [0.29, 0.717) is 26.1 Å². The summed E-state index contributed by atoms with van der Waals surface area (Å²) in [4.78, 5) is 23.3. The zero-order chi connectivity index (χ0) is 24.0. The molecule has 0 bridgehead atoms. The number of hydrogen-bond acceptors (Lipinski definition) is 5. The predicted molar refractivity (Wildman–Crippen MR) is 111 cm³/mol. The fraction of sp³-hybridized carbons (Fsp3) is 0.500. The molecule has 1 amide bonds. The number of amides is 1. The lowest BCUT2D eigenvalue weighted by molar-refractivity contribution is -0.156. The normalized spacial score (nSPS) is 18.2. The SMILES string of the molecule is Cc1nn(Cc2ccc(F)cc2)c2c1CCN(C(=O)CC1CNCCO1)C2.O=CC(F)(F)F. The molecule has 180 valence electrons. The van der Waals surface area contributed by atoms with Gasteiger partial charge in [0.2, 0.25) is 12.2 Å². The predicted octanol–water partition coefficient (Wildman–Crippen LogP) is 2.39. The van der Waals surface area contributed by atoms with Gasteiger partial charge in [-0.05, 0) is 36.6 Å². The highest BCUT2D eigenvalue weighted by Gasteiger charge is 2.28. The third-order valence-electron chi connectivity index (χ3n) is 5.48. The molecule has 3 heterocycles. The van der Waals surface area contributed by atoms with Crippen LogP contribution in [0.2, 0.25) is 0 Å². The Morgan fingerprint density at radius 2 is 2.00 bits per heavy atom. The number of carbonyl (C=O) groups excluding carboxylic acids is 2. The van der Waals surface area contributed by atoms with Crippen molar-refractivity contribution in [2.75, 3.05) is 26.2 Å². The topological polar surface area (TPSA) is 76.5 Å². The Balaban J connectivity index is 0.000000454. The zero-order valence-electron chi connectivity index (χ0n) is 18.2. The van der Waals surface area contributed by atoms with Gasteiger partial charge in [-0.25, -0.2) is 4.39 Å². The molecule has 1 N–H and O–H groups in total. The van der Waals surface area contributed by atoms with Gasteiger partial charge in [-0.15, -0.1) is 0 Å². The van der Waals surface area contributed by atoms with E-state index in [-0.39, 0.29) is 17.8 Å². The van der Waals surface area contributed by atoms with Gasteiger partial charge in [0.1, 0.15) is 5.82 Å². The molecule has 1 saturated heterocycles. The molecule has 1 aromatic heterocycles. The summed E-state index contributed by atoms with van der Waals surface area (Å²) < 4.78 is 52.0. The van der Waals surface area contributed by atoms with Crippen molar-refractivity contribution < 1.29 is 31.9 Å². The first-order valence-corrected chi connectivity index (χ1v) is 10.6. The third kappa shape index (κ3) is 7.10. The number of carbonyl (C=O) groups is 2. The minimum absolute atomic E-state index is 0.0430. The Bertz CT molecular complexity index is 954. The molecule has 0 radical (unpaired) electrons. The van der Waals surface area contributed by atoms with Crippen LogP contribution >= 0.6 is 0 Å². The minimum atomic E-state index is -4.64. The molecule has 0 saturated carbocycles. The molecule has 1 atom stereocenters. The summed E-state index contributed by atoms with van der Waals surface area (Å²) >= 11 is 0. The molecule has 4 rings (SSSR count). The van der Waals surface area contributed by atoms with Crippen LogP contribution in [0.4, 0.5) is 17.6 Å². The summed E-state index contributed by atoms with van der Waals surface area (Å²) in [5, 5.41) is 7.94. The maximum Gasteiger partial charge on any atom is 0.446 e. The molecule has 11 heteroatoms. The fourth-order valence-electron chi connectivity index (χ4n) is 3.86. The van der Waals surface area contributed by atoms with Crippen LogP contribution in [0, 0.1) is 12.7 Å². The van der Waals surface area contributed by atoms with E-state index in [9.17, 15) is 22.4 Å². The molecule has 2 aliphatic rings. The van der Waals surface area contributed by atoms with Gasteiger partial charge in [0.05, 0.1) is 43.6 Å². The second-order valence-electron chi connectivity index (χ2n) is 7.92. The second-order valence-corrected chi connectivity index (χ2v) is 7.92. The zero-order valence-corrected chi connectivity index (χ0v) is 18.2. The van der Waals surface area contributed by atoms with Crippen molar-refractivity contribution in [3.8, 4) is 0 Å². The number of halogens is 4. The van der Waals surface area contributed by atoms with E-state index in [4.69, 9.17) is 9.53 Å². The maximum atomic E-state index is 13.2. The van der Waals surface area contributed by atoms with Crippen LogP contribution in [0.3, 0.4) is 0 Å². The largest absolute Gasteiger partial charge is 0.446 e. The average Bonchev–Trinajstić information content (AvgIpc) is 3.10. The Morgan fingerprint density at radius 1 is 1.30 bits per heavy atom. The van der Waals surface area contributed by atoms with Crippen LogP contribution in [-0.4, -0.2) is 65.4 Å². The van der Waals surface area contributed by atoms with Gasteiger partial charge in [0.25, 0.3) is 0 Å². The van der Waals surface area contributed by atoms with E-state index < -0.39 is 12.5 Å². The summed E-state index contributed by atoms with van der Waals surface area (Å²) in [7, 11) is 0. The Morgan fingerprint density at radius 3 is 2.61 bits per heavy atom. The molecular weight excluding hydrogens is 444 g/mol. The lowest BCUT2D eigenvalue weighted by Gasteiger charge is -2.30. The van der Waals surface area contributed by atoms with Crippen LogP contribution in [0.1, 0.15) is 28.9 Å². The van der Waals surface area contributed by atoms with E-state index in [1.807, 2.05) is 16.5 Å². The van der Waals surface area contributed by atoms with Crippen molar-refractivity contribution in [2.45, 2.75) is 45.1 Å². The molecule has 0 spiro atoms. The molecule has 1 aromatic carbocycles. The first kappa shape index (κ1) is 24.8. The van der Waals surface area contributed by atoms with E-state index in [0.717, 1.165) is 43.0 Å². The number of fused-ring (bicyclic) bond motifs is 1. The second kappa shape index (κ2) is 10.9. The van der Waals surface area contributed by atoms with Crippen LogP contribution in [0.25, 0.3) is 0 Å². The highest BCUT2D eigenvalue weighted by atomic mass is 19.4. The van der Waals surface area contributed by atoms with Gasteiger partial charge in [-0.1, -0.05) is 12.1 Å². The number of morpholine rings is 1. The van der Waals surface area contributed by atoms with Gasteiger partial charge in [0.15, 0.2) is 0 Å². The van der Waals surface area contributed by atoms with Gasteiger partial charge in [0, 0.05) is 19.6 Å². The number of aldehydes is 1. The number of alkyl halides is 3. The average molecular weight is 470 g/mol. The molecule has 1 unspecified atom stereocenters. The molecule has 7 nitrogen and oxygen atoms in total. The van der Waals surface area contributed by atoms with Gasteiger partial charge < -0.3 is 15.0 Å². The van der Waals surface area contributed by atoms with E-state index in [2.05, 4.69) is 10.4 Å². The number of rotatable bonds is 4. The molecule has 33 heavy (non-hydrogen) atoms. The summed E-state index contributed by atoms with van der Waals surface area (Å²) in [5.74, 6) is -0.116. The lowest BCUT2D eigenvalue weighted by atomic mass is 10.0. The number of aryl methyl sites for hydroxylation is 1. The van der Waals surface area contributed by atoms with Crippen molar-refractivity contribution in [1.29, 1.82) is 0 Å². The number of hydrogen-bond donors (Lipinski definition) is 1. The lowest BCUT2D eigenvalue weighted by Crippen LogP contribution is -2.43. The van der Waals surface area contributed by atoms with Gasteiger partial charge in [-0.3, -0.25) is 14.3 Å². The Kier molecular flexibility index (Phi) is 8.20. The highest BCUT2D eigenvalue weighted by Crippen LogP contribution is 2.24. The first-order valence-electron chi connectivity index (χ1n) is 10.6. The highest BCUT2D eigenvalue weighted by molar-refractivity contribution is 5.77. The summed E-state index contributed by atoms with van der Waals surface area (Å²) in [6, 6.07) is 6.48. The third-order valence-corrected chi connectivity index (χ3v) is 5.48. The molecule has 2 aliphatic heterocycles. The number of benzene rings is 1. The summed E-state index contributed by atoms with van der Waals surface area (Å²) in [5.41, 5.74) is 4.32. The van der Waals surface area contributed by atoms with Crippen molar-refractivity contribution in [3.63, 3.8) is 0 Å². The quantitative estimate of drug-likeness (QED) is 0.549. The van der Waals surface area contributed by atoms with Gasteiger partial charge >= 0.3 is 6.18 Å². The molecule has 2 aromatic rings. The van der Waals surface area contributed by atoms with Crippen molar-refractivity contribution in [1.82, 2.24) is 20.0 Å². The number of nitrogens with one attached hydrogen (secondary N) is 1. The maximum absolute atomic E-state index is 13.2.